The van der Waals surface area contributed by atoms with Crippen molar-refractivity contribution in [2.24, 2.45) is 0 Å². The SMILES string of the molecule is O=C(C[C@H]1OCCc2ccccc21)Nc1ccc(F)c([N+](=O)[O-])c1. The fraction of sp³-hybridized carbons (Fsp3) is 0.235. The van der Waals surface area contributed by atoms with Crippen LogP contribution in [0.15, 0.2) is 42.5 Å². The molecule has 1 aliphatic rings. The lowest BCUT2D eigenvalue weighted by molar-refractivity contribution is -0.387. The van der Waals surface area contributed by atoms with Crippen LogP contribution in [0.3, 0.4) is 0 Å². The molecule has 0 bridgehead atoms. The molecule has 2 aromatic rings. The number of ether oxygens (including phenoxy) is 1. The topological polar surface area (TPSA) is 81.5 Å². The maximum absolute atomic E-state index is 13.3. The van der Waals surface area contributed by atoms with Gasteiger partial charge in [0, 0.05) is 11.8 Å². The number of hydrogen-bond donors (Lipinski definition) is 1. The Morgan fingerprint density at radius 2 is 2.12 bits per heavy atom. The number of carbonyl (C=O) groups is 1. The van der Waals surface area contributed by atoms with Gasteiger partial charge in [-0.15, -0.1) is 0 Å². The number of halogens is 1. The van der Waals surface area contributed by atoms with E-state index in [9.17, 15) is 19.3 Å². The first-order chi connectivity index (χ1) is 11.5. The van der Waals surface area contributed by atoms with Crippen LogP contribution in [0.4, 0.5) is 15.8 Å². The zero-order valence-electron chi connectivity index (χ0n) is 12.7. The third-order valence-corrected chi connectivity index (χ3v) is 3.89. The number of nitro groups is 1. The van der Waals surface area contributed by atoms with E-state index in [-0.39, 0.29) is 24.1 Å². The van der Waals surface area contributed by atoms with E-state index < -0.39 is 16.4 Å². The Morgan fingerprint density at radius 3 is 2.92 bits per heavy atom. The molecule has 7 heteroatoms. The Balaban J connectivity index is 1.71. The Bertz CT molecular complexity index is 794. The van der Waals surface area contributed by atoms with Gasteiger partial charge in [0.05, 0.1) is 24.1 Å². The molecule has 0 saturated heterocycles. The van der Waals surface area contributed by atoms with Crippen molar-refractivity contribution in [2.45, 2.75) is 18.9 Å². The molecule has 1 amide bonds. The summed E-state index contributed by atoms with van der Waals surface area (Å²) in [5.74, 6) is -1.29. The van der Waals surface area contributed by atoms with E-state index in [0.717, 1.165) is 29.7 Å². The molecule has 0 aliphatic carbocycles. The van der Waals surface area contributed by atoms with Gasteiger partial charge in [0.25, 0.3) is 0 Å². The van der Waals surface area contributed by atoms with Gasteiger partial charge in [-0.05, 0) is 29.7 Å². The fourth-order valence-corrected chi connectivity index (χ4v) is 2.76. The van der Waals surface area contributed by atoms with Gasteiger partial charge in [-0.3, -0.25) is 14.9 Å². The van der Waals surface area contributed by atoms with Gasteiger partial charge in [-0.2, -0.15) is 4.39 Å². The lowest BCUT2D eigenvalue weighted by Crippen LogP contribution is -2.22. The predicted octanol–water partition coefficient (Wildman–Crippen LogP) is 3.38. The van der Waals surface area contributed by atoms with Crippen molar-refractivity contribution in [3.8, 4) is 0 Å². The lowest BCUT2D eigenvalue weighted by atomic mass is 9.95. The number of nitrogens with zero attached hydrogens (tertiary/aromatic N) is 1. The molecule has 3 rings (SSSR count). The van der Waals surface area contributed by atoms with Gasteiger partial charge in [0.2, 0.25) is 11.7 Å². The monoisotopic (exact) mass is 330 g/mol. The van der Waals surface area contributed by atoms with Gasteiger partial charge >= 0.3 is 5.69 Å². The van der Waals surface area contributed by atoms with Gasteiger partial charge in [-0.25, -0.2) is 0 Å². The molecule has 2 aromatic carbocycles. The Labute approximate surface area is 137 Å². The molecule has 0 saturated carbocycles. The minimum atomic E-state index is -0.942. The zero-order chi connectivity index (χ0) is 17.1. The first-order valence-electron chi connectivity index (χ1n) is 7.48. The standard InChI is InChI=1S/C17H15FN2O4/c18-14-6-5-12(9-15(14)20(22)23)19-17(21)10-16-13-4-2-1-3-11(13)7-8-24-16/h1-6,9,16H,7-8,10H2,(H,19,21)/t16-/m1/s1. The number of amides is 1. The third kappa shape index (κ3) is 3.41. The van der Waals surface area contributed by atoms with Crippen molar-refractivity contribution >= 4 is 17.3 Å². The maximum atomic E-state index is 13.3. The van der Waals surface area contributed by atoms with Crippen molar-refractivity contribution < 1.29 is 18.8 Å². The molecule has 124 valence electrons. The summed E-state index contributed by atoms with van der Waals surface area (Å²) in [5.41, 5.74) is 1.63. The minimum absolute atomic E-state index is 0.0855. The van der Waals surface area contributed by atoms with Crippen molar-refractivity contribution in [2.75, 3.05) is 11.9 Å². The van der Waals surface area contributed by atoms with Crippen LogP contribution in [0.1, 0.15) is 23.7 Å². The van der Waals surface area contributed by atoms with Gasteiger partial charge in [0.1, 0.15) is 0 Å². The summed E-state index contributed by atoms with van der Waals surface area (Å²) in [6.45, 7) is 0.539. The van der Waals surface area contributed by atoms with Crippen LogP contribution < -0.4 is 5.32 Å². The summed E-state index contributed by atoms with van der Waals surface area (Å²) in [5, 5.41) is 13.3. The number of carbonyl (C=O) groups excluding carboxylic acids is 1. The Hall–Kier alpha value is -2.80. The van der Waals surface area contributed by atoms with Crippen LogP contribution in [0, 0.1) is 15.9 Å². The number of benzene rings is 2. The second-order valence-electron chi connectivity index (χ2n) is 5.48. The number of hydrogen-bond acceptors (Lipinski definition) is 4. The fourth-order valence-electron chi connectivity index (χ4n) is 2.76. The molecule has 0 spiro atoms. The predicted molar refractivity (Wildman–Crippen MR) is 85.1 cm³/mol. The van der Waals surface area contributed by atoms with E-state index in [0.29, 0.717) is 6.61 Å². The molecule has 1 atom stereocenters. The molecular weight excluding hydrogens is 315 g/mol. The highest BCUT2D eigenvalue weighted by Crippen LogP contribution is 2.30. The smallest absolute Gasteiger partial charge is 0.306 e. The van der Waals surface area contributed by atoms with Crippen molar-refractivity contribution in [1.82, 2.24) is 0 Å². The quantitative estimate of drug-likeness (QED) is 0.688. The summed E-state index contributed by atoms with van der Waals surface area (Å²) in [4.78, 5) is 22.1. The second kappa shape index (κ2) is 6.76. The van der Waals surface area contributed by atoms with Gasteiger partial charge < -0.3 is 10.1 Å². The van der Waals surface area contributed by atoms with Crippen LogP contribution in [-0.2, 0) is 16.0 Å². The van der Waals surface area contributed by atoms with E-state index in [2.05, 4.69) is 5.32 Å². The van der Waals surface area contributed by atoms with Gasteiger partial charge in [-0.1, -0.05) is 24.3 Å². The molecule has 0 aromatic heterocycles. The highest BCUT2D eigenvalue weighted by atomic mass is 19.1. The number of rotatable bonds is 4. The molecule has 24 heavy (non-hydrogen) atoms. The minimum Gasteiger partial charge on any atom is -0.373 e. The maximum Gasteiger partial charge on any atom is 0.306 e. The summed E-state index contributed by atoms with van der Waals surface area (Å²) in [6.07, 6.45) is 0.533. The lowest BCUT2D eigenvalue weighted by Gasteiger charge is -2.25. The molecule has 0 unspecified atom stereocenters. The van der Waals surface area contributed by atoms with Gasteiger partial charge in [0.15, 0.2) is 0 Å². The van der Waals surface area contributed by atoms with Crippen molar-refractivity contribution in [1.29, 1.82) is 0 Å². The average Bonchev–Trinajstić information content (AvgIpc) is 2.56. The van der Waals surface area contributed by atoms with Crippen LogP contribution in [0.2, 0.25) is 0 Å². The molecule has 1 N–H and O–H groups in total. The number of nitro benzene ring substituents is 1. The molecule has 0 radical (unpaired) electrons. The van der Waals surface area contributed by atoms with E-state index in [1.165, 1.54) is 6.07 Å². The van der Waals surface area contributed by atoms with Crippen molar-refractivity contribution in [3.05, 3.63) is 69.5 Å². The Morgan fingerprint density at radius 1 is 1.33 bits per heavy atom. The van der Waals surface area contributed by atoms with Crippen molar-refractivity contribution in [3.63, 3.8) is 0 Å². The Kier molecular flexibility index (Phi) is 4.52. The van der Waals surface area contributed by atoms with Crippen LogP contribution in [-0.4, -0.2) is 17.4 Å². The van der Waals surface area contributed by atoms with E-state index in [4.69, 9.17) is 4.74 Å². The largest absolute Gasteiger partial charge is 0.373 e. The molecule has 1 aliphatic heterocycles. The normalized spacial score (nSPS) is 16.3. The van der Waals surface area contributed by atoms with E-state index in [1.807, 2.05) is 24.3 Å². The van der Waals surface area contributed by atoms with Crippen LogP contribution in [0.5, 0.6) is 0 Å². The first kappa shape index (κ1) is 16.1. The van der Waals surface area contributed by atoms with Crippen LogP contribution >= 0.6 is 0 Å². The summed E-state index contributed by atoms with van der Waals surface area (Å²) < 4.78 is 19.0. The van der Waals surface area contributed by atoms with E-state index in [1.54, 1.807) is 0 Å². The third-order valence-electron chi connectivity index (χ3n) is 3.89. The average molecular weight is 330 g/mol. The summed E-state index contributed by atoms with van der Waals surface area (Å²) >= 11 is 0. The molecule has 0 fully saturated rings. The van der Waals surface area contributed by atoms with Crippen LogP contribution in [0.25, 0.3) is 0 Å². The number of nitrogens with one attached hydrogen (secondary N) is 1. The highest BCUT2D eigenvalue weighted by molar-refractivity contribution is 5.91. The highest BCUT2D eigenvalue weighted by Gasteiger charge is 2.23. The molecule has 1 heterocycles. The first-order valence-corrected chi connectivity index (χ1v) is 7.48. The number of fused-ring (bicyclic) bond motifs is 1. The number of anilines is 1. The summed E-state index contributed by atoms with van der Waals surface area (Å²) in [6, 6.07) is 11.0. The molecular formula is C17H15FN2O4. The summed E-state index contributed by atoms with van der Waals surface area (Å²) in [7, 11) is 0. The van der Waals surface area contributed by atoms with E-state index >= 15 is 0 Å². The second-order valence-corrected chi connectivity index (χ2v) is 5.48. The molecule has 6 nitrogen and oxygen atoms in total. The zero-order valence-corrected chi connectivity index (χ0v) is 12.7.